The van der Waals surface area contributed by atoms with Gasteiger partial charge in [-0.15, -0.1) is 0 Å². The molecule has 0 aliphatic heterocycles. The number of halogens is 2. The first-order chi connectivity index (χ1) is 13.2. The number of nitrogens with one attached hydrogen (secondary N) is 1. The van der Waals surface area contributed by atoms with Crippen LogP contribution in [0.15, 0.2) is 42.9 Å². The lowest BCUT2D eigenvalue weighted by Crippen LogP contribution is -2.15. The fraction of sp³-hybridized carbons (Fsp3) is 0.286. The number of hydrogen-bond donors (Lipinski definition) is 2. The van der Waals surface area contributed by atoms with Gasteiger partial charge in [0.15, 0.2) is 0 Å². The number of nitrogens with two attached hydrogens (primary N) is 1. The van der Waals surface area contributed by atoms with Gasteiger partial charge in [-0.1, -0.05) is 6.92 Å². The van der Waals surface area contributed by atoms with E-state index in [-0.39, 0.29) is 17.4 Å². The summed E-state index contributed by atoms with van der Waals surface area (Å²) in [5.41, 5.74) is 7.30. The molecular formula is C21H20F2N4O. The van der Waals surface area contributed by atoms with E-state index < -0.39 is 5.92 Å². The summed E-state index contributed by atoms with van der Waals surface area (Å²) in [6.45, 7) is 2.88. The van der Waals surface area contributed by atoms with Gasteiger partial charge in [-0.25, -0.2) is 13.8 Å². The summed E-state index contributed by atoms with van der Waals surface area (Å²) < 4.78 is 28.0. The fourth-order valence-corrected chi connectivity index (χ4v) is 3.42. The number of hydrogen-bond acceptors (Lipinski definition) is 4. The van der Waals surface area contributed by atoms with Crippen molar-refractivity contribution in [3.63, 3.8) is 0 Å². The van der Waals surface area contributed by atoms with E-state index in [0.717, 1.165) is 13.3 Å². The van der Waals surface area contributed by atoms with Crippen molar-refractivity contribution in [3.8, 4) is 11.1 Å². The van der Waals surface area contributed by atoms with E-state index in [4.69, 9.17) is 5.73 Å². The van der Waals surface area contributed by atoms with Crippen molar-refractivity contribution in [3.05, 3.63) is 48.4 Å². The third-order valence-corrected chi connectivity index (χ3v) is 5.17. The molecule has 0 radical (unpaired) electrons. The van der Waals surface area contributed by atoms with Crippen molar-refractivity contribution in [2.45, 2.75) is 26.2 Å². The van der Waals surface area contributed by atoms with Crippen molar-refractivity contribution in [2.24, 2.45) is 11.8 Å². The number of fused-ring (bicyclic) bond motifs is 1. The number of rotatable bonds is 4. The van der Waals surface area contributed by atoms with Gasteiger partial charge in [0.05, 0.1) is 0 Å². The van der Waals surface area contributed by atoms with Crippen LogP contribution in [0, 0.1) is 11.8 Å². The standard InChI is InChI=1S/C21H20F2N4O/c1-11-5-14(11)20(28)27-19-8-13-6-12(7-18(24)16(13)10-26-19)15-9-25-4-3-17(15)21(2,22)23/h3-4,6-11,14H,5,24H2,1-2H3,(H,26,27,28)/t11-,14-/m0/s1. The number of carbonyl (C=O) groups is 1. The minimum atomic E-state index is -3.01. The van der Waals surface area contributed by atoms with Crippen molar-refractivity contribution in [1.29, 1.82) is 0 Å². The van der Waals surface area contributed by atoms with Crippen molar-refractivity contribution >= 4 is 28.2 Å². The summed E-state index contributed by atoms with van der Waals surface area (Å²) in [6, 6.07) is 6.42. The zero-order chi connectivity index (χ0) is 20.1. The molecule has 1 aliphatic rings. The zero-order valence-electron chi connectivity index (χ0n) is 15.5. The van der Waals surface area contributed by atoms with E-state index in [9.17, 15) is 13.6 Å². The number of nitrogens with zero attached hydrogens (tertiary/aromatic N) is 2. The predicted octanol–water partition coefficient (Wildman–Crippen LogP) is 4.59. The second-order valence-electron chi connectivity index (χ2n) is 7.47. The first-order valence-corrected chi connectivity index (χ1v) is 9.07. The van der Waals surface area contributed by atoms with Crippen LogP contribution in [0.5, 0.6) is 0 Å². The summed E-state index contributed by atoms with van der Waals surface area (Å²) in [5.74, 6) is -2.23. The van der Waals surface area contributed by atoms with Gasteiger partial charge in [0, 0.05) is 53.6 Å². The van der Waals surface area contributed by atoms with Crippen LogP contribution in [0.2, 0.25) is 0 Å². The highest BCUT2D eigenvalue weighted by Crippen LogP contribution is 2.39. The van der Waals surface area contributed by atoms with Crippen LogP contribution in [0.25, 0.3) is 21.9 Å². The van der Waals surface area contributed by atoms with E-state index in [1.54, 1.807) is 24.4 Å². The highest BCUT2D eigenvalue weighted by atomic mass is 19.3. The molecule has 5 nitrogen and oxygen atoms in total. The molecule has 4 rings (SSSR count). The number of anilines is 2. The van der Waals surface area contributed by atoms with Crippen LogP contribution in [0.3, 0.4) is 0 Å². The Morgan fingerprint density at radius 1 is 1.29 bits per heavy atom. The Morgan fingerprint density at radius 2 is 2.04 bits per heavy atom. The lowest BCUT2D eigenvalue weighted by molar-refractivity contribution is -0.117. The lowest BCUT2D eigenvalue weighted by Gasteiger charge is -2.16. The Morgan fingerprint density at radius 3 is 2.71 bits per heavy atom. The Balaban J connectivity index is 1.76. The van der Waals surface area contributed by atoms with Crippen LogP contribution >= 0.6 is 0 Å². The molecule has 2 heterocycles. The number of nitrogen functional groups attached to an aromatic ring is 1. The summed E-state index contributed by atoms with van der Waals surface area (Å²) in [4.78, 5) is 20.4. The van der Waals surface area contributed by atoms with Gasteiger partial charge < -0.3 is 11.1 Å². The molecule has 28 heavy (non-hydrogen) atoms. The summed E-state index contributed by atoms with van der Waals surface area (Å²) >= 11 is 0. The third kappa shape index (κ3) is 3.40. The Labute approximate surface area is 161 Å². The SMILES string of the molecule is C[C@H]1C[C@@H]1C(=O)Nc1cc2cc(-c3cnccc3C(C)(F)F)cc(N)c2cn1. The molecule has 1 aromatic carbocycles. The topological polar surface area (TPSA) is 80.9 Å². The molecule has 1 saturated carbocycles. The highest BCUT2D eigenvalue weighted by Gasteiger charge is 2.39. The largest absolute Gasteiger partial charge is 0.398 e. The average Bonchev–Trinajstić information content (AvgIpc) is 3.37. The molecule has 0 spiro atoms. The first-order valence-electron chi connectivity index (χ1n) is 9.07. The molecule has 1 amide bonds. The van der Waals surface area contributed by atoms with E-state index in [2.05, 4.69) is 15.3 Å². The molecule has 1 aliphatic carbocycles. The Kier molecular flexibility index (Phi) is 4.25. The van der Waals surface area contributed by atoms with Crippen molar-refractivity contribution in [2.75, 3.05) is 11.1 Å². The second kappa shape index (κ2) is 6.51. The normalized spacial score (nSPS) is 18.9. The number of aromatic nitrogens is 2. The van der Waals surface area contributed by atoms with E-state index in [1.807, 2.05) is 6.92 Å². The first kappa shape index (κ1) is 18.3. The van der Waals surface area contributed by atoms with Gasteiger partial charge in [0.1, 0.15) is 5.82 Å². The molecule has 3 aromatic rings. The Bertz CT molecular complexity index is 1080. The summed E-state index contributed by atoms with van der Waals surface area (Å²) in [7, 11) is 0. The van der Waals surface area contributed by atoms with Crippen LogP contribution in [-0.4, -0.2) is 15.9 Å². The number of alkyl halides is 2. The van der Waals surface area contributed by atoms with Gasteiger partial charge in [-0.05, 0) is 47.6 Å². The maximum absolute atomic E-state index is 14.0. The molecule has 1 fully saturated rings. The Hall–Kier alpha value is -3.09. The van der Waals surface area contributed by atoms with Crippen molar-refractivity contribution < 1.29 is 13.6 Å². The highest BCUT2D eigenvalue weighted by molar-refractivity contribution is 6.00. The molecule has 144 valence electrons. The number of carbonyl (C=O) groups excluding carboxylic acids is 1. The van der Waals surface area contributed by atoms with Gasteiger partial charge >= 0.3 is 0 Å². The molecule has 3 N–H and O–H groups in total. The third-order valence-electron chi connectivity index (χ3n) is 5.17. The fourth-order valence-electron chi connectivity index (χ4n) is 3.42. The van der Waals surface area contributed by atoms with E-state index in [0.29, 0.717) is 39.3 Å². The maximum atomic E-state index is 14.0. The maximum Gasteiger partial charge on any atom is 0.271 e. The van der Waals surface area contributed by atoms with Gasteiger partial charge in [0.2, 0.25) is 5.91 Å². The minimum absolute atomic E-state index is 0.0265. The van der Waals surface area contributed by atoms with Gasteiger partial charge in [-0.2, -0.15) is 0 Å². The van der Waals surface area contributed by atoms with Crippen LogP contribution in [0.4, 0.5) is 20.3 Å². The minimum Gasteiger partial charge on any atom is -0.398 e. The van der Waals surface area contributed by atoms with Crippen molar-refractivity contribution in [1.82, 2.24) is 9.97 Å². The van der Waals surface area contributed by atoms with Crippen LogP contribution in [0.1, 0.15) is 25.8 Å². The molecule has 7 heteroatoms. The smallest absolute Gasteiger partial charge is 0.271 e. The molecule has 2 aromatic heterocycles. The molecule has 0 bridgehead atoms. The van der Waals surface area contributed by atoms with Crippen LogP contribution < -0.4 is 11.1 Å². The molecule has 0 saturated heterocycles. The quantitative estimate of drug-likeness (QED) is 0.647. The van der Waals surface area contributed by atoms with Gasteiger partial charge in [0.25, 0.3) is 5.92 Å². The number of amides is 1. The summed E-state index contributed by atoms with van der Waals surface area (Å²) in [5, 5.41) is 4.21. The number of benzene rings is 1. The second-order valence-corrected chi connectivity index (χ2v) is 7.47. The monoisotopic (exact) mass is 382 g/mol. The average molecular weight is 382 g/mol. The van der Waals surface area contributed by atoms with Crippen LogP contribution in [-0.2, 0) is 10.7 Å². The lowest BCUT2D eigenvalue weighted by atomic mass is 9.96. The summed E-state index contributed by atoms with van der Waals surface area (Å²) in [6.07, 6.45) is 5.22. The van der Waals surface area contributed by atoms with Gasteiger partial charge in [-0.3, -0.25) is 9.78 Å². The molecule has 2 atom stereocenters. The predicted molar refractivity (Wildman–Crippen MR) is 105 cm³/mol. The number of pyridine rings is 2. The molecular weight excluding hydrogens is 362 g/mol. The van der Waals surface area contributed by atoms with E-state index in [1.165, 1.54) is 18.5 Å². The molecule has 0 unspecified atom stereocenters. The zero-order valence-corrected chi connectivity index (χ0v) is 15.5. The van der Waals surface area contributed by atoms with E-state index >= 15 is 0 Å².